The molecular formula is C37H37FN4O4. The summed E-state index contributed by atoms with van der Waals surface area (Å²) in [7, 11) is 3.08. The van der Waals surface area contributed by atoms with Crippen molar-refractivity contribution in [3.63, 3.8) is 0 Å². The lowest BCUT2D eigenvalue weighted by Gasteiger charge is -2.39. The van der Waals surface area contributed by atoms with Gasteiger partial charge in [0, 0.05) is 65.9 Å². The van der Waals surface area contributed by atoms with E-state index >= 15 is 4.39 Å². The van der Waals surface area contributed by atoms with E-state index in [2.05, 4.69) is 9.97 Å². The second-order valence-corrected chi connectivity index (χ2v) is 12.0. The van der Waals surface area contributed by atoms with Gasteiger partial charge >= 0.3 is 0 Å². The van der Waals surface area contributed by atoms with E-state index in [0.29, 0.717) is 60.7 Å². The molecule has 8 nitrogen and oxygen atoms in total. The van der Waals surface area contributed by atoms with Crippen molar-refractivity contribution in [2.45, 2.75) is 51.7 Å². The van der Waals surface area contributed by atoms with Crippen molar-refractivity contribution in [2.24, 2.45) is 10.9 Å². The molecule has 6 rings (SSSR count). The molecule has 2 atom stereocenters. The van der Waals surface area contributed by atoms with E-state index < -0.39 is 11.9 Å². The van der Waals surface area contributed by atoms with Gasteiger partial charge in [0.1, 0.15) is 17.3 Å². The van der Waals surface area contributed by atoms with Crippen molar-refractivity contribution in [1.29, 1.82) is 0 Å². The predicted octanol–water partition coefficient (Wildman–Crippen LogP) is 5.96. The van der Waals surface area contributed by atoms with E-state index in [1.807, 2.05) is 42.2 Å². The summed E-state index contributed by atoms with van der Waals surface area (Å²) >= 11 is 0. The fraction of sp³-hybridized carbons (Fsp3) is 0.324. The van der Waals surface area contributed by atoms with Crippen LogP contribution < -0.4 is 9.47 Å². The first-order valence-electron chi connectivity index (χ1n) is 15.5. The molecule has 9 heteroatoms. The molecule has 236 valence electrons. The van der Waals surface area contributed by atoms with Crippen LogP contribution in [0.3, 0.4) is 0 Å². The maximum Gasteiger partial charge on any atom is 0.163 e. The number of hydrogen-bond acceptors (Lipinski definition) is 8. The largest absolute Gasteiger partial charge is 0.497 e. The van der Waals surface area contributed by atoms with Crippen molar-refractivity contribution in [2.75, 3.05) is 20.8 Å². The van der Waals surface area contributed by atoms with E-state index in [0.717, 1.165) is 28.1 Å². The molecule has 0 saturated carbocycles. The van der Waals surface area contributed by atoms with Gasteiger partial charge in [0.05, 0.1) is 44.6 Å². The number of pyridine rings is 2. The lowest BCUT2D eigenvalue weighted by Crippen LogP contribution is -2.48. The van der Waals surface area contributed by atoms with Gasteiger partial charge < -0.3 is 9.47 Å². The molecular weight excluding hydrogens is 583 g/mol. The highest BCUT2D eigenvalue weighted by Gasteiger charge is 2.35. The third-order valence-corrected chi connectivity index (χ3v) is 8.93. The lowest BCUT2D eigenvalue weighted by atomic mass is 9.85. The number of methoxy groups -OCH3 is 2. The van der Waals surface area contributed by atoms with Crippen LogP contribution in [0.25, 0.3) is 0 Å². The molecule has 2 aromatic heterocycles. The maximum atomic E-state index is 15.1. The number of rotatable bonds is 11. The van der Waals surface area contributed by atoms with Gasteiger partial charge in [-0.05, 0) is 67.6 Å². The molecule has 0 N–H and O–H groups in total. The zero-order valence-corrected chi connectivity index (χ0v) is 26.3. The highest BCUT2D eigenvalue weighted by atomic mass is 19.1. The van der Waals surface area contributed by atoms with Crippen LogP contribution in [0.5, 0.6) is 11.5 Å². The normalized spacial score (nSPS) is 17.7. The Morgan fingerprint density at radius 3 is 2.63 bits per heavy atom. The summed E-state index contributed by atoms with van der Waals surface area (Å²) in [6.07, 6.45) is 5.11. The summed E-state index contributed by atoms with van der Waals surface area (Å²) < 4.78 is 25.9. The SMILES string of the molecule is COc1ccnc(CC(=O)[C@@H]2CC[C@@H](CC(=O)c3ccc4c(c3)C(c3ccnc(C)c3)=NC4)CN2Cc2c(F)cccc2OC)c1. The molecule has 0 unspecified atom stereocenters. The Morgan fingerprint density at radius 2 is 1.83 bits per heavy atom. The van der Waals surface area contributed by atoms with Crippen LogP contribution in [0.2, 0.25) is 0 Å². The minimum absolute atomic E-state index is 0.00220. The first kappa shape index (κ1) is 31.2. The molecule has 2 aliphatic rings. The number of halogens is 1. The van der Waals surface area contributed by atoms with Crippen molar-refractivity contribution < 1.29 is 23.5 Å². The molecule has 0 aliphatic carbocycles. The average Bonchev–Trinajstić information content (AvgIpc) is 3.49. The zero-order chi connectivity index (χ0) is 32.2. The number of benzene rings is 2. The first-order chi connectivity index (χ1) is 22.3. The number of fused-ring (bicyclic) bond motifs is 1. The molecule has 0 amide bonds. The van der Waals surface area contributed by atoms with E-state index in [-0.39, 0.29) is 30.4 Å². The van der Waals surface area contributed by atoms with Crippen molar-refractivity contribution in [1.82, 2.24) is 14.9 Å². The molecule has 2 aliphatic heterocycles. The number of aromatic nitrogens is 2. The smallest absolute Gasteiger partial charge is 0.163 e. The Kier molecular flexibility index (Phi) is 9.30. The van der Waals surface area contributed by atoms with Gasteiger partial charge in [0.25, 0.3) is 0 Å². The van der Waals surface area contributed by atoms with Gasteiger partial charge in [0.2, 0.25) is 0 Å². The number of aryl methyl sites for hydroxylation is 1. The summed E-state index contributed by atoms with van der Waals surface area (Å²) in [5, 5.41) is 0. The van der Waals surface area contributed by atoms with Crippen molar-refractivity contribution >= 4 is 17.3 Å². The molecule has 0 bridgehead atoms. The summed E-state index contributed by atoms with van der Waals surface area (Å²) in [6, 6.07) is 17.6. The van der Waals surface area contributed by atoms with Crippen LogP contribution in [0.15, 0.2) is 78.0 Å². The highest BCUT2D eigenvalue weighted by molar-refractivity contribution is 6.16. The highest BCUT2D eigenvalue weighted by Crippen LogP contribution is 2.32. The van der Waals surface area contributed by atoms with Crippen molar-refractivity contribution in [3.05, 3.63) is 118 Å². The number of carbonyl (C=O) groups is 2. The average molecular weight is 621 g/mol. The predicted molar refractivity (Wildman–Crippen MR) is 173 cm³/mol. The number of aliphatic imine (C=N–C) groups is 1. The molecule has 1 fully saturated rings. The third kappa shape index (κ3) is 6.74. The van der Waals surface area contributed by atoms with Gasteiger partial charge in [0.15, 0.2) is 11.6 Å². The fourth-order valence-corrected chi connectivity index (χ4v) is 6.57. The molecule has 0 radical (unpaired) electrons. The Hall–Kier alpha value is -4.76. The molecule has 4 heterocycles. The Morgan fingerprint density at radius 1 is 0.978 bits per heavy atom. The number of hydrogen-bond donors (Lipinski definition) is 0. The van der Waals surface area contributed by atoms with Crippen LogP contribution in [-0.4, -0.2) is 59.0 Å². The topological polar surface area (TPSA) is 94.0 Å². The van der Waals surface area contributed by atoms with Gasteiger partial charge in [-0.1, -0.05) is 18.2 Å². The maximum absolute atomic E-state index is 15.1. The second kappa shape index (κ2) is 13.7. The van der Waals surface area contributed by atoms with Crippen LogP contribution in [-0.2, 0) is 24.3 Å². The molecule has 0 spiro atoms. The monoisotopic (exact) mass is 620 g/mol. The number of ether oxygens (including phenoxy) is 2. The van der Waals surface area contributed by atoms with E-state index in [4.69, 9.17) is 14.5 Å². The minimum atomic E-state index is -0.453. The van der Waals surface area contributed by atoms with Crippen LogP contribution in [0, 0.1) is 18.7 Å². The molecule has 46 heavy (non-hydrogen) atoms. The van der Waals surface area contributed by atoms with Crippen LogP contribution >= 0.6 is 0 Å². The minimum Gasteiger partial charge on any atom is -0.497 e. The standard InChI is InChI=1S/C37H37FN4O4/c1-23-15-26(11-13-39-23)37-30-17-25(8-9-27(30)20-41-37)34(43)16-24-7-10-33(35(44)19-28-18-29(45-2)12-14-40-28)42(21-24)22-31-32(38)5-4-6-36(31)46-3/h4-6,8-9,11-15,17-18,24,33H,7,10,16,19-22H2,1-3H3/t24-,33-/m0/s1. The van der Waals surface area contributed by atoms with Gasteiger partial charge in [-0.15, -0.1) is 0 Å². The number of carbonyl (C=O) groups excluding carboxylic acids is 2. The van der Waals surface area contributed by atoms with Gasteiger partial charge in [-0.2, -0.15) is 0 Å². The van der Waals surface area contributed by atoms with E-state index in [9.17, 15) is 9.59 Å². The van der Waals surface area contributed by atoms with E-state index in [1.54, 1.807) is 43.8 Å². The summed E-state index contributed by atoms with van der Waals surface area (Å²) in [5.41, 5.74) is 6.50. The Bertz CT molecular complexity index is 1810. The number of likely N-dealkylation sites (tertiary alicyclic amines) is 1. The fourth-order valence-electron chi connectivity index (χ4n) is 6.57. The Labute approximate surface area is 268 Å². The number of Topliss-reactive ketones (excluding diaryl/α,β-unsaturated/α-hetero) is 2. The molecule has 2 aromatic carbocycles. The van der Waals surface area contributed by atoms with Gasteiger partial charge in [-0.25, -0.2) is 4.39 Å². The summed E-state index contributed by atoms with van der Waals surface area (Å²) in [4.78, 5) is 42.8. The lowest BCUT2D eigenvalue weighted by molar-refractivity contribution is -0.125. The first-order valence-corrected chi connectivity index (χ1v) is 15.5. The molecule has 4 aromatic rings. The third-order valence-electron chi connectivity index (χ3n) is 8.93. The number of nitrogens with zero attached hydrogens (tertiary/aromatic N) is 4. The van der Waals surface area contributed by atoms with Gasteiger partial charge in [-0.3, -0.25) is 29.4 Å². The summed E-state index contributed by atoms with van der Waals surface area (Å²) in [6.45, 7) is 3.19. The number of ketones is 2. The van der Waals surface area contributed by atoms with Crippen LogP contribution in [0.4, 0.5) is 4.39 Å². The molecule has 1 saturated heterocycles. The van der Waals surface area contributed by atoms with E-state index in [1.165, 1.54) is 13.2 Å². The second-order valence-electron chi connectivity index (χ2n) is 12.0. The quantitative estimate of drug-likeness (QED) is 0.191. The van der Waals surface area contributed by atoms with Crippen molar-refractivity contribution in [3.8, 4) is 11.5 Å². The Balaban J connectivity index is 1.21. The van der Waals surface area contributed by atoms with Crippen LogP contribution in [0.1, 0.15) is 63.3 Å². The number of piperidine rings is 1. The summed E-state index contributed by atoms with van der Waals surface area (Å²) in [5.74, 6) is 0.704. The zero-order valence-electron chi connectivity index (χ0n) is 26.3.